The summed E-state index contributed by atoms with van der Waals surface area (Å²) in [6.45, 7) is 6.83. The molecule has 18 heavy (non-hydrogen) atoms. The molecule has 2 rings (SSSR count). The monoisotopic (exact) mass is 249 g/mol. The Morgan fingerprint density at radius 2 is 2.17 bits per heavy atom. The van der Waals surface area contributed by atoms with Gasteiger partial charge in [0.25, 0.3) is 0 Å². The predicted octanol–water partition coefficient (Wildman–Crippen LogP) is 2.65. The molecule has 1 heterocycles. The van der Waals surface area contributed by atoms with Gasteiger partial charge in [0, 0.05) is 24.6 Å². The maximum absolute atomic E-state index is 9.67. The fraction of sp³-hybridized carbons (Fsp3) is 0.600. The maximum atomic E-state index is 9.67. The topological polar surface area (TPSA) is 41.5 Å². The first-order valence-electron chi connectivity index (χ1n) is 6.71. The molecule has 0 amide bonds. The van der Waals surface area contributed by atoms with E-state index in [1.54, 1.807) is 0 Å². The van der Waals surface area contributed by atoms with Crippen molar-refractivity contribution in [3.8, 4) is 5.75 Å². The fourth-order valence-corrected chi connectivity index (χ4v) is 2.41. The first kappa shape index (κ1) is 13.4. The second-order valence-electron chi connectivity index (χ2n) is 5.63. The van der Waals surface area contributed by atoms with Crippen LogP contribution in [0.1, 0.15) is 45.2 Å². The minimum absolute atomic E-state index is 0.164. The molecule has 0 saturated carbocycles. The van der Waals surface area contributed by atoms with Crippen LogP contribution in [0.15, 0.2) is 24.3 Å². The third-order valence-electron chi connectivity index (χ3n) is 3.45. The summed E-state index contributed by atoms with van der Waals surface area (Å²) < 4.78 is 5.98. The SMILES string of the molecule is CCC(O)CNC1CC(C)(C)Oc2ccccc21. The third-order valence-corrected chi connectivity index (χ3v) is 3.45. The van der Waals surface area contributed by atoms with E-state index in [4.69, 9.17) is 4.74 Å². The van der Waals surface area contributed by atoms with Crippen molar-refractivity contribution >= 4 is 0 Å². The van der Waals surface area contributed by atoms with Crippen molar-refractivity contribution in [1.82, 2.24) is 5.32 Å². The number of hydrogen-bond acceptors (Lipinski definition) is 3. The molecule has 2 unspecified atom stereocenters. The van der Waals surface area contributed by atoms with E-state index in [-0.39, 0.29) is 17.7 Å². The zero-order valence-corrected chi connectivity index (χ0v) is 11.4. The van der Waals surface area contributed by atoms with E-state index < -0.39 is 0 Å². The van der Waals surface area contributed by atoms with E-state index in [1.165, 1.54) is 5.56 Å². The molecule has 1 aromatic rings. The van der Waals surface area contributed by atoms with E-state index in [1.807, 2.05) is 25.1 Å². The van der Waals surface area contributed by atoms with Crippen LogP contribution in [0.5, 0.6) is 5.75 Å². The molecule has 3 heteroatoms. The average molecular weight is 249 g/mol. The molecule has 0 fully saturated rings. The van der Waals surface area contributed by atoms with E-state index in [2.05, 4.69) is 25.2 Å². The molecular formula is C15H23NO2. The summed E-state index contributed by atoms with van der Waals surface area (Å²) in [5, 5.41) is 13.1. The van der Waals surface area contributed by atoms with Crippen LogP contribution in [0, 0.1) is 0 Å². The third kappa shape index (κ3) is 3.03. The lowest BCUT2D eigenvalue weighted by Gasteiger charge is -2.38. The van der Waals surface area contributed by atoms with Crippen LogP contribution in [0.25, 0.3) is 0 Å². The molecular weight excluding hydrogens is 226 g/mol. The minimum Gasteiger partial charge on any atom is -0.487 e. The van der Waals surface area contributed by atoms with Crippen molar-refractivity contribution in [2.75, 3.05) is 6.54 Å². The Bertz CT molecular complexity index is 403. The van der Waals surface area contributed by atoms with Gasteiger partial charge in [-0.25, -0.2) is 0 Å². The molecule has 2 N–H and O–H groups in total. The number of hydrogen-bond donors (Lipinski definition) is 2. The van der Waals surface area contributed by atoms with E-state index >= 15 is 0 Å². The Balaban J connectivity index is 2.14. The van der Waals surface area contributed by atoms with Crippen molar-refractivity contribution in [2.45, 2.75) is 51.4 Å². The summed E-state index contributed by atoms with van der Waals surface area (Å²) in [4.78, 5) is 0. The summed E-state index contributed by atoms with van der Waals surface area (Å²) in [5.74, 6) is 0.956. The molecule has 0 spiro atoms. The summed E-state index contributed by atoms with van der Waals surface area (Å²) >= 11 is 0. The van der Waals surface area contributed by atoms with Gasteiger partial charge < -0.3 is 15.2 Å². The van der Waals surface area contributed by atoms with Crippen LogP contribution >= 0.6 is 0 Å². The van der Waals surface area contributed by atoms with Gasteiger partial charge in [-0.1, -0.05) is 25.1 Å². The Labute approximate surface area is 109 Å². The predicted molar refractivity (Wildman–Crippen MR) is 72.8 cm³/mol. The molecule has 0 aliphatic carbocycles. The number of para-hydroxylation sites is 1. The van der Waals surface area contributed by atoms with Gasteiger partial charge in [0.2, 0.25) is 0 Å². The van der Waals surface area contributed by atoms with E-state index in [0.29, 0.717) is 6.54 Å². The standard InChI is InChI=1S/C15H23NO2/c1-4-11(17)10-16-13-9-15(2,3)18-14-8-6-5-7-12(13)14/h5-8,11,13,16-17H,4,9-10H2,1-3H3. The van der Waals surface area contributed by atoms with Crippen molar-refractivity contribution in [3.05, 3.63) is 29.8 Å². The van der Waals surface area contributed by atoms with Crippen LogP contribution in [0.3, 0.4) is 0 Å². The van der Waals surface area contributed by atoms with Crippen molar-refractivity contribution in [3.63, 3.8) is 0 Å². The van der Waals surface area contributed by atoms with E-state index in [9.17, 15) is 5.11 Å². The molecule has 1 aliphatic rings. The highest BCUT2D eigenvalue weighted by Crippen LogP contribution is 2.39. The second kappa shape index (κ2) is 5.29. The normalized spacial score (nSPS) is 23.0. The van der Waals surface area contributed by atoms with Gasteiger partial charge in [-0.15, -0.1) is 0 Å². The van der Waals surface area contributed by atoms with Gasteiger partial charge >= 0.3 is 0 Å². The van der Waals surface area contributed by atoms with Crippen LogP contribution < -0.4 is 10.1 Å². The zero-order chi connectivity index (χ0) is 13.2. The molecule has 0 saturated heterocycles. The smallest absolute Gasteiger partial charge is 0.124 e. The first-order valence-corrected chi connectivity index (χ1v) is 6.71. The van der Waals surface area contributed by atoms with Crippen LogP contribution in [-0.4, -0.2) is 23.4 Å². The largest absolute Gasteiger partial charge is 0.487 e. The summed E-state index contributed by atoms with van der Waals surface area (Å²) in [6, 6.07) is 8.40. The highest BCUT2D eigenvalue weighted by molar-refractivity contribution is 5.38. The summed E-state index contributed by atoms with van der Waals surface area (Å²) in [5.41, 5.74) is 1.03. The number of ether oxygens (including phenoxy) is 1. The quantitative estimate of drug-likeness (QED) is 0.862. The highest BCUT2D eigenvalue weighted by Gasteiger charge is 2.33. The highest BCUT2D eigenvalue weighted by atomic mass is 16.5. The number of fused-ring (bicyclic) bond motifs is 1. The van der Waals surface area contributed by atoms with Crippen LogP contribution in [-0.2, 0) is 0 Å². The Morgan fingerprint density at radius 3 is 2.89 bits per heavy atom. The molecule has 0 aromatic heterocycles. The molecule has 3 nitrogen and oxygen atoms in total. The lowest BCUT2D eigenvalue weighted by Crippen LogP contribution is -2.41. The lowest BCUT2D eigenvalue weighted by molar-refractivity contribution is 0.0618. The molecule has 0 radical (unpaired) electrons. The van der Waals surface area contributed by atoms with Crippen LogP contribution in [0.2, 0.25) is 0 Å². The molecule has 1 aromatic carbocycles. The van der Waals surface area contributed by atoms with Crippen molar-refractivity contribution < 1.29 is 9.84 Å². The number of nitrogens with one attached hydrogen (secondary N) is 1. The van der Waals surface area contributed by atoms with Crippen LogP contribution in [0.4, 0.5) is 0 Å². The van der Waals surface area contributed by atoms with Gasteiger partial charge in [0.1, 0.15) is 11.4 Å². The van der Waals surface area contributed by atoms with Gasteiger partial charge in [-0.05, 0) is 26.3 Å². The molecule has 2 atom stereocenters. The number of rotatable bonds is 4. The van der Waals surface area contributed by atoms with Gasteiger partial charge in [0.15, 0.2) is 0 Å². The first-order chi connectivity index (χ1) is 8.52. The zero-order valence-electron chi connectivity index (χ0n) is 11.4. The summed E-state index contributed by atoms with van der Waals surface area (Å²) in [6.07, 6.45) is 1.42. The molecule has 100 valence electrons. The average Bonchev–Trinajstić information content (AvgIpc) is 2.34. The number of aliphatic hydroxyl groups excluding tert-OH is 1. The Hall–Kier alpha value is -1.06. The van der Waals surface area contributed by atoms with Crippen molar-refractivity contribution in [2.24, 2.45) is 0 Å². The molecule has 1 aliphatic heterocycles. The minimum atomic E-state index is -0.275. The maximum Gasteiger partial charge on any atom is 0.124 e. The van der Waals surface area contributed by atoms with Gasteiger partial charge in [-0.3, -0.25) is 0 Å². The Kier molecular flexibility index (Phi) is 3.93. The molecule has 0 bridgehead atoms. The number of benzene rings is 1. The summed E-state index contributed by atoms with van der Waals surface area (Å²) in [7, 11) is 0. The van der Waals surface area contributed by atoms with Gasteiger partial charge in [0.05, 0.1) is 6.10 Å². The lowest BCUT2D eigenvalue weighted by atomic mass is 9.89. The van der Waals surface area contributed by atoms with Gasteiger partial charge in [-0.2, -0.15) is 0 Å². The van der Waals surface area contributed by atoms with E-state index in [0.717, 1.165) is 18.6 Å². The second-order valence-corrected chi connectivity index (χ2v) is 5.63. The fourth-order valence-electron chi connectivity index (χ4n) is 2.41. The van der Waals surface area contributed by atoms with Crippen molar-refractivity contribution in [1.29, 1.82) is 0 Å². The number of aliphatic hydroxyl groups is 1. The Morgan fingerprint density at radius 1 is 1.44 bits per heavy atom.